The summed E-state index contributed by atoms with van der Waals surface area (Å²) in [6.07, 6.45) is -0.666. The van der Waals surface area contributed by atoms with Gasteiger partial charge in [-0.1, -0.05) is 48.5 Å². The molecule has 0 bridgehead atoms. The second kappa shape index (κ2) is 29.2. The highest BCUT2D eigenvalue weighted by Gasteiger charge is 2.30. The molecule has 414 valence electrons. The molecule has 2 aliphatic rings. The molecule has 7 N–H and O–H groups in total. The van der Waals surface area contributed by atoms with E-state index in [1.165, 1.54) is 0 Å². The van der Waals surface area contributed by atoms with Crippen LogP contribution in [0.15, 0.2) is 58.5 Å². The Hall–Kier alpha value is -6.03. The van der Waals surface area contributed by atoms with Crippen molar-refractivity contribution in [3.05, 3.63) is 59.7 Å². The van der Waals surface area contributed by atoms with Crippen LogP contribution in [0.3, 0.4) is 0 Å². The number of fused-ring (bicyclic) bond motifs is 3. The highest BCUT2D eigenvalue weighted by Crippen LogP contribution is 2.44. The molecule has 21 heteroatoms. The average molecular weight is 1040 g/mol. The minimum atomic E-state index is -0.775. The molecule has 2 aromatic carbocycles. The first-order valence-corrected chi connectivity index (χ1v) is 25.4. The van der Waals surface area contributed by atoms with Gasteiger partial charge in [0.25, 0.3) is 0 Å². The molecule has 74 heavy (non-hydrogen) atoms. The Kier molecular flexibility index (Phi) is 24.5. The third kappa shape index (κ3) is 25.8. The molecule has 0 radical (unpaired) electrons. The van der Waals surface area contributed by atoms with Crippen molar-refractivity contribution in [1.29, 1.82) is 0 Å². The summed E-state index contributed by atoms with van der Waals surface area (Å²) in [5.41, 5.74) is 1.75. The number of likely N-dealkylation sites (N-methyl/N-ethyl adjacent to an activating group) is 2. The summed E-state index contributed by atoms with van der Waals surface area (Å²) in [5.74, 6) is -0.143. The number of nitrogens with one attached hydrogen (secondary N) is 6. The van der Waals surface area contributed by atoms with Gasteiger partial charge in [-0.05, 0) is 145 Å². The molecule has 2 atom stereocenters. The SMILES string of the molecule is CN(CCO)CC(CCCN=C(NC(=O)OC(C)(C)C)NC(=O)OC(C)(C)C)NC(=O)OCC1c2ccccc2-c2ccccc21.CN1CCNC(CCCN=C(NC(=O)OC(C)(C)C)NC(=O)OC(C)(C)C)C1. The van der Waals surface area contributed by atoms with E-state index in [2.05, 4.69) is 78.1 Å². The van der Waals surface area contributed by atoms with E-state index in [-0.39, 0.29) is 43.6 Å². The molecule has 1 saturated heterocycles. The third-order valence-corrected chi connectivity index (χ3v) is 10.6. The van der Waals surface area contributed by atoms with E-state index in [1.54, 1.807) is 83.1 Å². The lowest BCUT2D eigenvalue weighted by molar-refractivity contribution is 0.0521. The van der Waals surface area contributed by atoms with E-state index < -0.39 is 52.9 Å². The summed E-state index contributed by atoms with van der Waals surface area (Å²) in [4.78, 5) is 74.7. The molecule has 5 amide bonds. The van der Waals surface area contributed by atoms with Gasteiger partial charge in [0.15, 0.2) is 0 Å². The number of benzene rings is 2. The van der Waals surface area contributed by atoms with Gasteiger partial charge < -0.3 is 49.2 Å². The first kappa shape index (κ1) is 62.3. The lowest BCUT2D eigenvalue weighted by Gasteiger charge is -2.30. The van der Waals surface area contributed by atoms with Crippen LogP contribution in [0.5, 0.6) is 0 Å². The number of carbonyl (C=O) groups excluding carboxylic acids is 5. The van der Waals surface area contributed by atoms with Crippen LogP contribution in [0.25, 0.3) is 11.1 Å². The van der Waals surface area contributed by atoms with Gasteiger partial charge in [-0.25, -0.2) is 24.0 Å². The third-order valence-electron chi connectivity index (χ3n) is 10.6. The fourth-order valence-corrected chi connectivity index (χ4v) is 7.72. The van der Waals surface area contributed by atoms with Crippen LogP contribution in [-0.2, 0) is 23.7 Å². The Bertz CT molecular complexity index is 2080. The molecular weight excluding hydrogens is 953 g/mol. The number of alkyl carbamates (subject to hydrolysis) is 5. The largest absolute Gasteiger partial charge is 0.449 e. The standard InChI is InChI=1S/C34H49N5O7.C19H37N5O4/c1-33(2,3)45-31(42)37-29(38-32(43)46-34(4,5)6)35-18-12-13-23(21-39(7)19-20-40)36-30(41)44-22-28-26-16-10-8-14-24(26)25-15-9-11-17-27(25)28;1-18(2,3)27-16(25)22-15(23-17(26)28-19(4,5)6)21-10-8-9-14-13-24(7)12-11-20-14/h8-11,14-17,23,28,40H,12-13,18-22H2,1-7H3,(H,36,41)(H2,35,37,38,42,43);14,20H,8-13H2,1-7H3,(H2,21,22,23,25,26). The summed E-state index contributed by atoms with van der Waals surface area (Å²) in [5, 5.41) is 25.8. The van der Waals surface area contributed by atoms with Gasteiger partial charge in [0.2, 0.25) is 11.9 Å². The molecule has 1 fully saturated rings. The smallest absolute Gasteiger partial charge is 0.414 e. The minimum absolute atomic E-state index is 0.0194. The maximum atomic E-state index is 13.0. The van der Waals surface area contributed by atoms with Crippen LogP contribution in [-0.4, -0.2) is 165 Å². The fourth-order valence-electron chi connectivity index (χ4n) is 7.72. The zero-order valence-electron chi connectivity index (χ0n) is 46.4. The molecule has 21 nitrogen and oxygen atoms in total. The number of aliphatic hydroxyl groups excluding tert-OH is 1. The van der Waals surface area contributed by atoms with Crippen LogP contribution in [0.4, 0.5) is 24.0 Å². The molecule has 4 rings (SSSR count). The predicted octanol–water partition coefficient (Wildman–Crippen LogP) is 7.08. The summed E-state index contributed by atoms with van der Waals surface area (Å²) < 4.78 is 26.8. The fraction of sp³-hybridized carbons (Fsp3) is 0.642. The zero-order valence-corrected chi connectivity index (χ0v) is 46.4. The lowest BCUT2D eigenvalue weighted by Crippen LogP contribution is -2.49. The van der Waals surface area contributed by atoms with Crippen LogP contribution in [0, 0.1) is 0 Å². The molecule has 2 aromatic rings. The number of hydrogen-bond donors (Lipinski definition) is 7. The zero-order chi connectivity index (χ0) is 55.3. The Morgan fingerprint density at radius 3 is 1.54 bits per heavy atom. The highest BCUT2D eigenvalue weighted by molar-refractivity contribution is 6.02. The molecule has 0 saturated carbocycles. The first-order chi connectivity index (χ1) is 34.5. The molecule has 0 aromatic heterocycles. The predicted molar refractivity (Wildman–Crippen MR) is 286 cm³/mol. The lowest BCUT2D eigenvalue weighted by atomic mass is 9.98. The van der Waals surface area contributed by atoms with Crippen molar-refractivity contribution in [1.82, 2.24) is 41.7 Å². The molecule has 2 unspecified atom stereocenters. The number of aliphatic imine (C=N–C) groups is 2. The van der Waals surface area contributed by atoms with E-state index in [1.807, 2.05) is 36.2 Å². The van der Waals surface area contributed by atoms with Gasteiger partial charge in [-0.15, -0.1) is 0 Å². The number of carbonyl (C=O) groups is 5. The maximum absolute atomic E-state index is 13.0. The van der Waals surface area contributed by atoms with Crippen LogP contribution < -0.4 is 31.9 Å². The molecular formula is C53H86N10O11. The quantitative estimate of drug-likeness (QED) is 0.0408. The second-order valence-electron chi connectivity index (χ2n) is 22.3. The van der Waals surface area contributed by atoms with E-state index in [4.69, 9.17) is 23.7 Å². The van der Waals surface area contributed by atoms with Crippen molar-refractivity contribution in [3.8, 4) is 11.1 Å². The van der Waals surface area contributed by atoms with Gasteiger partial charge in [0.05, 0.1) is 6.61 Å². The van der Waals surface area contributed by atoms with Crippen molar-refractivity contribution in [3.63, 3.8) is 0 Å². The summed E-state index contributed by atoms with van der Waals surface area (Å²) >= 11 is 0. The number of rotatable bonds is 15. The first-order valence-electron chi connectivity index (χ1n) is 25.4. The van der Waals surface area contributed by atoms with Crippen molar-refractivity contribution >= 4 is 42.4 Å². The van der Waals surface area contributed by atoms with Crippen LogP contribution in [0.2, 0.25) is 0 Å². The van der Waals surface area contributed by atoms with Gasteiger partial charge in [0, 0.05) is 63.8 Å². The van der Waals surface area contributed by atoms with Crippen molar-refractivity contribution in [2.24, 2.45) is 9.98 Å². The monoisotopic (exact) mass is 1040 g/mol. The van der Waals surface area contributed by atoms with Crippen LogP contribution >= 0.6 is 0 Å². The molecule has 1 aliphatic heterocycles. The maximum Gasteiger partial charge on any atom is 0.414 e. The number of ether oxygens (including phenoxy) is 5. The van der Waals surface area contributed by atoms with E-state index >= 15 is 0 Å². The Labute approximate surface area is 438 Å². The van der Waals surface area contributed by atoms with Gasteiger partial charge in [-0.3, -0.25) is 31.3 Å². The van der Waals surface area contributed by atoms with Crippen molar-refractivity contribution < 1.29 is 52.8 Å². The number of hydrogen-bond acceptors (Lipinski definition) is 16. The molecule has 0 spiro atoms. The Balaban J connectivity index is 0.000000441. The van der Waals surface area contributed by atoms with E-state index in [9.17, 15) is 29.1 Å². The molecule has 1 aliphatic carbocycles. The molecule has 1 heterocycles. The summed E-state index contributed by atoms with van der Waals surface area (Å²) in [7, 11) is 3.97. The van der Waals surface area contributed by atoms with Gasteiger partial charge in [-0.2, -0.15) is 0 Å². The topological polar surface area (TPSA) is 255 Å². The van der Waals surface area contributed by atoms with Gasteiger partial charge in [0.1, 0.15) is 29.0 Å². The number of guanidine groups is 2. The van der Waals surface area contributed by atoms with Crippen molar-refractivity contribution in [2.45, 2.75) is 149 Å². The Morgan fingerprint density at radius 2 is 1.12 bits per heavy atom. The number of amides is 5. The number of piperazine rings is 1. The Morgan fingerprint density at radius 1 is 0.689 bits per heavy atom. The van der Waals surface area contributed by atoms with Crippen LogP contribution in [0.1, 0.15) is 126 Å². The normalized spacial score (nSPS) is 15.1. The number of aliphatic hydroxyl groups is 1. The average Bonchev–Trinajstić information content (AvgIpc) is 3.56. The summed E-state index contributed by atoms with van der Waals surface area (Å²) in [6.45, 7) is 25.7. The highest BCUT2D eigenvalue weighted by atomic mass is 16.6. The minimum Gasteiger partial charge on any atom is -0.449 e. The summed E-state index contributed by atoms with van der Waals surface area (Å²) in [6, 6.07) is 16.4. The van der Waals surface area contributed by atoms with Gasteiger partial charge >= 0.3 is 30.5 Å². The number of nitrogens with zero attached hydrogens (tertiary/aromatic N) is 4. The van der Waals surface area contributed by atoms with E-state index in [0.717, 1.165) is 54.7 Å². The van der Waals surface area contributed by atoms with E-state index in [0.29, 0.717) is 38.5 Å². The second-order valence-corrected chi connectivity index (χ2v) is 22.3. The van der Waals surface area contributed by atoms with Crippen molar-refractivity contribution in [2.75, 3.05) is 73.1 Å².